The van der Waals surface area contributed by atoms with Crippen LogP contribution in [0.25, 0.3) is 0 Å². The Labute approximate surface area is 199 Å². The van der Waals surface area contributed by atoms with Crippen LogP contribution in [0.1, 0.15) is 43.7 Å². The first-order chi connectivity index (χ1) is 16.5. The lowest BCUT2D eigenvalue weighted by atomic mass is 10.0. The van der Waals surface area contributed by atoms with Gasteiger partial charge in [-0.3, -0.25) is 5.01 Å². The number of benzene rings is 1. The Hall–Kier alpha value is -3.08. The van der Waals surface area contributed by atoms with Gasteiger partial charge in [-0.15, -0.1) is 0 Å². The molecule has 34 heavy (non-hydrogen) atoms. The second-order valence-electron chi connectivity index (χ2n) is 8.81. The summed E-state index contributed by atoms with van der Waals surface area (Å²) in [5.74, 6) is 2.08. The minimum absolute atomic E-state index is 0.0436. The number of hydrogen-bond donors (Lipinski definition) is 3. The molecule has 0 saturated carbocycles. The van der Waals surface area contributed by atoms with E-state index in [0.717, 1.165) is 42.9 Å². The van der Waals surface area contributed by atoms with E-state index in [1.54, 1.807) is 12.1 Å². The molecule has 0 spiro atoms. The van der Waals surface area contributed by atoms with Gasteiger partial charge in [-0.25, -0.2) is 9.97 Å². The van der Waals surface area contributed by atoms with Gasteiger partial charge < -0.3 is 29.4 Å². The summed E-state index contributed by atoms with van der Waals surface area (Å²) in [5.41, 5.74) is 4.50. The molecule has 3 heterocycles. The molecule has 0 aliphatic carbocycles. The molecule has 0 unspecified atom stereocenters. The standard InChI is InChI=1S/C24H33N5O5/c1-16(2)29-12-22(34-27-29)28-10-8-21(9-11-28)33-24-17(3)23(25-15-26-24)32-20-6-4-18(5-7-20)19(13-30)14-31/h4-7,12,15-16,19,21,27,30-31H,8-11,13-14H2,1-3H3. The van der Waals surface area contributed by atoms with Crippen molar-refractivity contribution >= 4 is 0 Å². The minimum atomic E-state index is -0.303. The van der Waals surface area contributed by atoms with Gasteiger partial charge in [0.05, 0.1) is 25.0 Å². The molecule has 4 rings (SSSR count). The van der Waals surface area contributed by atoms with Crippen LogP contribution in [0.15, 0.2) is 42.7 Å². The summed E-state index contributed by atoms with van der Waals surface area (Å²) in [7, 11) is 0. The van der Waals surface area contributed by atoms with Crippen LogP contribution in [-0.2, 0) is 4.84 Å². The Kier molecular flexibility index (Phi) is 7.71. The van der Waals surface area contributed by atoms with Crippen molar-refractivity contribution in [2.45, 2.75) is 51.7 Å². The average Bonchev–Trinajstić information content (AvgIpc) is 3.35. The van der Waals surface area contributed by atoms with Crippen molar-refractivity contribution in [2.24, 2.45) is 0 Å². The number of aliphatic hydroxyl groups excluding tert-OH is 2. The molecule has 10 nitrogen and oxygen atoms in total. The number of nitrogens with zero attached hydrogens (tertiary/aromatic N) is 4. The van der Waals surface area contributed by atoms with Gasteiger partial charge in [0, 0.05) is 37.9 Å². The molecular formula is C24H33N5O5. The van der Waals surface area contributed by atoms with Crippen LogP contribution in [-0.4, -0.2) is 68.5 Å². The number of ether oxygens (including phenoxy) is 2. The van der Waals surface area contributed by atoms with Crippen molar-refractivity contribution in [3.8, 4) is 17.5 Å². The van der Waals surface area contributed by atoms with Crippen molar-refractivity contribution < 1.29 is 24.5 Å². The van der Waals surface area contributed by atoms with Crippen molar-refractivity contribution in [1.82, 2.24) is 25.5 Å². The Morgan fingerprint density at radius 3 is 2.38 bits per heavy atom. The third kappa shape index (κ3) is 5.52. The van der Waals surface area contributed by atoms with Gasteiger partial charge in [-0.2, -0.15) is 0 Å². The number of aromatic nitrogens is 2. The molecular weight excluding hydrogens is 438 g/mol. The minimum Gasteiger partial charge on any atom is -0.474 e. The van der Waals surface area contributed by atoms with E-state index >= 15 is 0 Å². The molecule has 2 aliphatic rings. The zero-order chi connectivity index (χ0) is 24.1. The van der Waals surface area contributed by atoms with Gasteiger partial charge in [0.1, 0.15) is 18.2 Å². The molecule has 0 bridgehead atoms. The molecule has 1 aromatic carbocycles. The third-order valence-electron chi connectivity index (χ3n) is 6.09. The van der Waals surface area contributed by atoms with Crippen LogP contribution in [0.3, 0.4) is 0 Å². The van der Waals surface area contributed by atoms with Crippen molar-refractivity contribution in [2.75, 3.05) is 26.3 Å². The number of hydrazine groups is 1. The number of likely N-dealkylation sites (tertiary alicyclic amines) is 1. The lowest BCUT2D eigenvalue weighted by Crippen LogP contribution is -2.38. The zero-order valence-electron chi connectivity index (χ0n) is 19.8. The van der Waals surface area contributed by atoms with Crippen LogP contribution in [0.2, 0.25) is 0 Å². The van der Waals surface area contributed by atoms with Gasteiger partial charge in [0.15, 0.2) is 0 Å². The molecule has 10 heteroatoms. The Morgan fingerprint density at radius 1 is 1.09 bits per heavy atom. The monoisotopic (exact) mass is 471 g/mol. The van der Waals surface area contributed by atoms with Gasteiger partial charge in [0.25, 0.3) is 0 Å². The largest absolute Gasteiger partial charge is 0.474 e. The molecule has 0 amide bonds. The second kappa shape index (κ2) is 10.9. The van der Waals surface area contributed by atoms with Crippen LogP contribution in [0, 0.1) is 6.92 Å². The highest BCUT2D eigenvalue weighted by atomic mass is 16.7. The first-order valence-electron chi connectivity index (χ1n) is 11.6. The molecule has 1 saturated heterocycles. The molecule has 0 radical (unpaired) electrons. The Morgan fingerprint density at radius 2 is 1.76 bits per heavy atom. The lowest BCUT2D eigenvalue weighted by molar-refractivity contribution is -0.0289. The third-order valence-corrected chi connectivity index (χ3v) is 6.09. The lowest BCUT2D eigenvalue weighted by Gasteiger charge is -2.32. The number of rotatable bonds is 9. The van der Waals surface area contributed by atoms with Crippen molar-refractivity contribution in [3.63, 3.8) is 0 Å². The van der Waals surface area contributed by atoms with Crippen LogP contribution < -0.4 is 15.1 Å². The van der Waals surface area contributed by atoms with Crippen molar-refractivity contribution in [3.05, 3.63) is 53.8 Å². The highest BCUT2D eigenvalue weighted by Crippen LogP contribution is 2.30. The smallest absolute Gasteiger partial charge is 0.234 e. The highest BCUT2D eigenvalue weighted by Gasteiger charge is 2.27. The molecule has 184 valence electrons. The summed E-state index contributed by atoms with van der Waals surface area (Å²) in [5, 5.41) is 20.6. The SMILES string of the molecule is Cc1c(Oc2ccc(C(CO)CO)cc2)ncnc1OC1CCN(C2=CN(C(C)C)NO2)CC1. The number of piperidine rings is 1. The van der Waals surface area contributed by atoms with Gasteiger partial charge in [-0.05, 0) is 38.5 Å². The van der Waals surface area contributed by atoms with E-state index in [1.807, 2.05) is 30.3 Å². The molecule has 2 aliphatic heterocycles. The zero-order valence-corrected chi connectivity index (χ0v) is 19.8. The number of nitrogens with one attached hydrogen (secondary N) is 1. The second-order valence-corrected chi connectivity index (χ2v) is 8.81. The first kappa shape index (κ1) is 24.1. The summed E-state index contributed by atoms with van der Waals surface area (Å²) in [6, 6.07) is 7.55. The van der Waals surface area contributed by atoms with Crippen LogP contribution in [0.4, 0.5) is 0 Å². The quantitative estimate of drug-likeness (QED) is 0.504. The summed E-state index contributed by atoms with van der Waals surface area (Å²) >= 11 is 0. The fourth-order valence-electron chi connectivity index (χ4n) is 3.85. The predicted molar refractivity (Wildman–Crippen MR) is 125 cm³/mol. The summed E-state index contributed by atoms with van der Waals surface area (Å²) in [6.45, 7) is 7.50. The maximum Gasteiger partial charge on any atom is 0.234 e. The first-order valence-corrected chi connectivity index (χ1v) is 11.6. The molecule has 0 atom stereocenters. The summed E-state index contributed by atoms with van der Waals surface area (Å²) in [6.07, 6.45) is 5.17. The summed E-state index contributed by atoms with van der Waals surface area (Å²) < 4.78 is 12.2. The maximum atomic E-state index is 9.35. The van der Waals surface area contributed by atoms with E-state index in [1.165, 1.54) is 6.33 Å². The highest BCUT2D eigenvalue weighted by molar-refractivity contribution is 5.38. The molecule has 1 aromatic heterocycles. The van der Waals surface area contributed by atoms with Crippen molar-refractivity contribution in [1.29, 1.82) is 0 Å². The van der Waals surface area contributed by atoms with Gasteiger partial charge >= 0.3 is 0 Å². The van der Waals surface area contributed by atoms with Gasteiger partial charge in [-0.1, -0.05) is 17.7 Å². The summed E-state index contributed by atoms with van der Waals surface area (Å²) in [4.78, 5) is 16.4. The van der Waals surface area contributed by atoms with E-state index in [2.05, 4.69) is 34.3 Å². The van der Waals surface area contributed by atoms with E-state index in [-0.39, 0.29) is 25.2 Å². The molecule has 3 N–H and O–H groups in total. The maximum absolute atomic E-state index is 9.35. The van der Waals surface area contributed by atoms with Crippen LogP contribution in [0.5, 0.6) is 17.5 Å². The number of hydrogen-bond acceptors (Lipinski definition) is 10. The Bertz CT molecular complexity index is 972. The fraction of sp³-hybridized carbons (Fsp3) is 0.500. The molecule has 2 aromatic rings. The van der Waals surface area contributed by atoms with E-state index < -0.39 is 0 Å². The van der Waals surface area contributed by atoms with Crippen LogP contribution >= 0.6 is 0 Å². The number of aliphatic hydroxyl groups is 2. The normalized spacial score (nSPS) is 16.7. The van der Waals surface area contributed by atoms with Gasteiger partial charge in [0.2, 0.25) is 17.6 Å². The molecule has 1 fully saturated rings. The topological polar surface area (TPSA) is 112 Å². The fourth-order valence-corrected chi connectivity index (χ4v) is 3.85. The Balaban J connectivity index is 1.34. The van der Waals surface area contributed by atoms with E-state index in [4.69, 9.17) is 14.3 Å². The average molecular weight is 472 g/mol. The van der Waals surface area contributed by atoms with E-state index in [9.17, 15) is 10.2 Å². The predicted octanol–water partition coefficient (Wildman–Crippen LogP) is 2.45. The van der Waals surface area contributed by atoms with E-state index in [0.29, 0.717) is 23.6 Å².